The lowest BCUT2D eigenvalue weighted by atomic mass is 10.1. The van der Waals surface area contributed by atoms with E-state index in [-0.39, 0.29) is 11.9 Å². The smallest absolute Gasteiger partial charge is 0.254 e. The van der Waals surface area contributed by atoms with Crippen LogP contribution in [0, 0.1) is 0 Å². The van der Waals surface area contributed by atoms with Crippen LogP contribution in [-0.2, 0) is 0 Å². The Morgan fingerprint density at radius 1 is 1.41 bits per heavy atom. The molecule has 1 aromatic rings. The Labute approximate surface area is 110 Å². The molecule has 1 atom stereocenters. The lowest BCUT2D eigenvalue weighted by Crippen LogP contribution is -2.41. The van der Waals surface area contributed by atoms with E-state index >= 15 is 0 Å². The van der Waals surface area contributed by atoms with Gasteiger partial charge < -0.3 is 10.2 Å². The van der Waals surface area contributed by atoms with Crippen molar-refractivity contribution in [2.24, 2.45) is 0 Å². The summed E-state index contributed by atoms with van der Waals surface area (Å²) in [6.07, 6.45) is 1.02. The van der Waals surface area contributed by atoms with Crippen LogP contribution in [0.2, 0.25) is 0 Å². The molecule has 0 bridgehead atoms. The highest BCUT2D eigenvalue weighted by Crippen LogP contribution is 2.14. The average Bonchev–Trinajstić information content (AvgIpc) is 2.54. The van der Waals surface area contributed by atoms with Gasteiger partial charge in [0, 0.05) is 29.2 Å². The number of amides is 1. The van der Waals surface area contributed by atoms with Crippen LogP contribution in [0.3, 0.4) is 0 Å². The summed E-state index contributed by atoms with van der Waals surface area (Å²) >= 11 is 3.38. The number of hydrogen-bond acceptors (Lipinski definition) is 2. The third-order valence-corrected chi connectivity index (χ3v) is 3.61. The Bertz CT molecular complexity index is 391. The maximum Gasteiger partial charge on any atom is 0.254 e. The SMILES string of the molecule is CC1CNCCCN1C(=O)c1ccc(Br)cc1. The molecule has 1 N–H and O–H groups in total. The summed E-state index contributed by atoms with van der Waals surface area (Å²) in [7, 11) is 0. The zero-order valence-electron chi connectivity index (χ0n) is 9.95. The summed E-state index contributed by atoms with van der Waals surface area (Å²) in [5.41, 5.74) is 0.766. The van der Waals surface area contributed by atoms with Gasteiger partial charge in [-0.15, -0.1) is 0 Å². The fourth-order valence-electron chi connectivity index (χ4n) is 2.08. The molecule has 0 spiro atoms. The lowest BCUT2D eigenvalue weighted by molar-refractivity contribution is 0.0707. The molecule has 1 aromatic carbocycles. The van der Waals surface area contributed by atoms with Crippen molar-refractivity contribution in [3.05, 3.63) is 34.3 Å². The van der Waals surface area contributed by atoms with Crippen molar-refractivity contribution in [1.29, 1.82) is 0 Å². The molecule has 1 aliphatic rings. The molecule has 0 saturated carbocycles. The van der Waals surface area contributed by atoms with Crippen LogP contribution in [0.4, 0.5) is 0 Å². The summed E-state index contributed by atoms with van der Waals surface area (Å²) in [5.74, 6) is 0.133. The molecule has 1 heterocycles. The molecule has 92 valence electrons. The van der Waals surface area contributed by atoms with Crippen molar-refractivity contribution in [1.82, 2.24) is 10.2 Å². The summed E-state index contributed by atoms with van der Waals surface area (Å²) in [4.78, 5) is 14.3. The fourth-order valence-corrected chi connectivity index (χ4v) is 2.34. The standard InChI is InChI=1S/C13H17BrN2O/c1-10-9-15-7-2-8-16(10)13(17)11-3-5-12(14)6-4-11/h3-6,10,15H,2,7-9H2,1H3. The quantitative estimate of drug-likeness (QED) is 0.862. The van der Waals surface area contributed by atoms with Crippen LogP contribution in [-0.4, -0.2) is 36.5 Å². The Hall–Kier alpha value is -0.870. The van der Waals surface area contributed by atoms with Gasteiger partial charge in [0.05, 0.1) is 0 Å². The minimum atomic E-state index is 0.133. The summed E-state index contributed by atoms with van der Waals surface area (Å²) in [5, 5.41) is 3.34. The number of nitrogens with one attached hydrogen (secondary N) is 1. The highest BCUT2D eigenvalue weighted by Gasteiger charge is 2.22. The average molecular weight is 297 g/mol. The minimum Gasteiger partial charge on any atom is -0.335 e. The summed E-state index contributed by atoms with van der Waals surface area (Å²) in [6, 6.07) is 7.82. The lowest BCUT2D eigenvalue weighted by Gasteiger charge is -2.26. The number of carbonyl (C=O) groups is 1. The van der Waals surface area contributed by atoms with Gasteiger partial charge in [-0.25, -0.2) is 0 Å². The molecule has 1 aliphatic heterocycles. The van der Waals surface area contributed by atoms with Gasteiger partial charge in [0.25, 0.3) is 5.91 Å². The van der Waals surface area contributed by atoms with E-state index < -0.39 is 0 Å². The van der Waals surface area contributed by atoms with Crippen LogP contribution >= 0.6 is 15.9 Å². The number of rotatable bonds is 1. The number of halogens is 1. The maximum atomic E-state index is 12.4. The number of nitrogens with zero attached hydrogens (tertiary/aromatic N) is 1. The molecule has 0 aliphatic carbocycles. The van der Waals surface area contributed by atoms with E-state index in [4.69, 9.17) is 0 Å². The predicted octanol–water partition coefficient (Wildman–Crippen LogP) is 2.27. The van der Waals surface area contributed by atoms with E-state index in [9.17, 15) is 4.79 Å². The molecule has 2 rings (SSSR count). The number of hydrogen-bond donors (Lipinski definition) is 1. The first-order valence-corrected chi connectivity index (χ1v) is 6.75. The van der Waals surface area contributed by atoms with Gasteiger partial charge in [-0.2, -0.15) is 0 Å². The second kappa shape index (κ2) is 5.65. The Morgan fingerprint density at radius 2 is 2.12 bits per heavy atom. The molecule has 1 amide bonds. The van der Waals surface area contributed by atoms with Gasteiger partial charge >= 0.3 is 0 Å². The van der Waals surface area contributed by atoms with E-state index in [2.05, 4.69) is 28.2 Å². The van der Waals surface area contributed by atoms with Gasteiger partial charge in [-0.05, 0) is 44.2 Å². The molecule has 0 aromatic heterocycles. The molecule has 17 heavy (non-hydrogen) atoms. The van der Waals surface area contributed by atoms with Crippen molar-refractivity contribution in [2.45, 2.75) is 19.4 Å². The van der Waals surface area contributed by atoms with Crippen LogP contribution in [0.15, 0.2) is 28.7 Å². The Balaban J connectivity index is 2.15. The topological polar surface area (TPSA) is 32.3 Å². The van der Waals surface area contributed by atoms with Gasteiger partial charge in [0.2, 0.25) is 0 Å². The Morgan fingerprint density at radius 3 is 2.82 bits per heavy atom. The van der Waals surface area contributed by atoms with E-state index in [1.54, 1.807) is 0 Å². The highest BCUT2D eigenvalue weighted by atomic mass is 79.9. The minimum absolute atomic E-state index is 0.133. The largest absolute Gasteiger partial charge is 0.335 e. The third-order valence-electron chi connectivity index (χ3n) is 3.08. The Kier molecular flexibility index (Phi) is 4.18. The number of carbonyl (C=O) groups excluding carboxylic acids is 1. The van der Waals surface area contributed by atoms with Gasteiger partial charge in [-0.1, -0.05) is 15.9 Å². The van der Waals surface area contributed by atoms with Crippen molar-refractivity contribution in [3.8, 4) is 0 Å². The summed E-state index contributed by atoms with van der Waals surface area (Å²) < 4.78 is 1.000. The molecule has 3 nitrogen and oxygen atoms in total. The van der Waals surface area contributed by atoms with Crippen LogP contribution in [0.1, 0.15) is 23.7 Å². The second-order valence-corrected chi connectivity index (χ2v) is 5.33. The van der Waals surface area contributed by atoms with Crippen molar-refractivity contribution >= 4 is 21.8 Å². The fraction of sp³-hybridized carbons (Fsp3) is 0.462. The first-order chi connectivity index (χ1) is 8.18. The monoisotopic (exact) mass is 296 g/mol. The van der Waals surface area contributed by atoms with Crippen molar-refractivity contribution in [2.75, 3.05) is 19.6 Å². The van der Waals surface area contributed by atoms with Crippen LogP contribution in [0.25, 0.3) is 0 Å². The van der Waals surface area contributed by atoms with Crippen LogP contribution < -0.4 is 5.32 Å². The molecule has 0 radical (unpaired) electrons. The normalized spacial score (nSPS) is 21.1. The van der Waals surface area contributed by atoms with Gasteiger partial charge in [0.1, 0.15) is 0 Å². The number of benzene rings is 1. The van der Waals surface area contributed by atoms with Gasteiger partial charge in [0.15, 0.2) is 0 Å². The van der Waals surface area contributed by atoms with Crippen molar-refractivity contribution < 1.29 is 4.79 Å². The zero-order valence-corrected chi connectivity index (χ0v) is 11.5. The van der Waals surface area contributed by atoms with E-state index in [0.717, 1.165) is 36.1 Å². The molecule has 4 heteroatoms. The zero-order chi connectivity index (χ0) is 12.3. The summed E-state index contributed by atoms with van der Waals surface area (Å²) in [6.45, 7) is 4.80. The molecule has 1 unspecified atom stereocenters. The van der Waals surface area contributed by atoms with Crippen molar-refractivity contribution in [3.63, 3.8) is 0 Å². The molecular formula is C13H17BrN2O. The molecule has 1 fully saturated rings. The van der Waals surface area contributed by atoms with Gasteiger partial charge in [-0.3, -0.25) is 4.79 Å². The van der Waals surface area contributed by atoms with E-state index in [1.165, 1.54) is 0 Å². The van der Waals surface area contributed by atoms with E-state index in [0.29, 0.717) is 0 Å². The van der Waals surface area contributed by atoms with E-state index in [1.807, 2.05) is 29.2 Å². The first kappa shape index (κ1) is 12.6. The third kappa shape index (κ3) is 3.07. The maximum absolute atomic E-state index is 12.4. The van der Waals surface area contributed by atoms with Crippen LogP contribution in [0.5, 0.6) is 0 Å². The second-order valence-electron chi connectivity index (χ2n) is 4.41. The predicted molar refractivity (Wildman–Crippen MR) is 72.1 cm³/mol. The first-order valence-electron chi connectivity index (χ1n) is 5.96. The molecule has 1 saturated heterocycles. The highest BCUT2D eigenvalue weighted by molar-refractivity contribution is 9.10. The molecular weight excluding hydrogens is 280 g/mol.